The van der Waals surface area contributed by atoms with Crippen molar-refractivity contribution < 1.29 is 0 Å². The molecule has 1 heterocycles. The number of hydrogen-bond acceptors (Lipinski definition) is 2. The lowest BCUT2D eigenvalue weighted by Crippen LogP contribution is -2.41. The van der Waals surface area contributed by atoms with Gasteiger partial charge in [0.2, 0.25) is 0 Å². The van der Waals surface area contributed by atoms with Crippen molar-refractivity contribution in [3.8, 4) is 0 Å². The van der Waals surface area contributed by atoms with Crippen molar-refractivity contribution >= 4 is 17.1 Å². The molecule has 0 N–H and O–H groups in total. The average Bonchev–Trinajstić information content (AvgIpc) is 2.82. The van der Waals surface area contributed by atoms with Crippen molar-refractivity contribution in [2.45, 2.75) is 85.6 Å². The molecule has 2 nitrogen and oxygen atoms in total. The Bertz CT molecular complexity index is 1090. The quantitative estimate of drug-likeness (QED) is 0.366. The van der Waals surface area contributed by atoms with Crippen LogP contribution in [0.4, 0.5) is 17.1 Å². The molecule has 0 saturated carbocycles. The van der Waals surface area contributed by atoms with E-state index in [1.54, 1.807) is 0 Å². The Balaban J connectivity index is 1.95. The van der Waals surface area contributed by atoms with Crippen molar-refractivity contribution in [3.63, 3.8) is 0 Å². The van der Waals surface area contributed by atoms with Crippen LogP contribution >= 0.6 is 0 Å². The minimum atomic E-state index is 0.463. The zero-order valence-electron chi connectivity index (χ0n) is 22.4. The molecular weight excluding hydrogens is 412 g/mol. The third kappa shape index (κ3) is 4.48. The normalized spacial score (nSPS) is 14.0. The number of rotatable bonds is 6. The van der Waals surface area contributed by atoms with Gasteiger partial charge in [-0.2, -0.15) is 0 Å². The van der Waals surface area contributed by atoms with Crippen molar-refractivity contribution in [1.29, 1.82) is 0 Å². The van der Waals surface area contributed by atoms with Crippen LogP contribution in [0.1, 0.15) is 107 Å². The van der Waals surface area contributed by atoms with Crippen molar-refractivity contribution in [2.75, 3.05) is 16.5 Å². The SMILES string of the molecule is CC(C)c1cccc(C(C)C)c1N1Cc2ccccc2N(c2c(C(C)C)cccc2C(C)C)C1. The number of para-hydroxylation sites is 3. The summed E-state index contributed by atoms with van der Waals surface area (Å²) < 4.78 is 0. The molecule has 0 fully saturated rings. The summed E-state index contributed by atoms with van der Waals surface area (Å²) in [7, 11) is 0. The van der Waals surface area contributed by atoms with Gasteiger partial charge in [-0.15, -0.1) is 0 Å². The predicted molar refractivity (Wildman–Crippen MR) is 149 cm³/mol. The van der Waals surface area contributed by atoms with Gasteiger partial charge in [0, 0.05) is 23.6 Å². The summed E-state index contributed by atoms with van der Waals surface area (Å²) in [4.78, 5) is 5.24. The zero-order valence-corrected chi connectivity index (χ0v) is 22.4. The first kappa shape index (κ1) is 24.4. The standard InChI is InChI=1S/C32H42N2/c1-21(2)26-14-11-15-27(22(3)4)31(26)33-19-25-13-9-10-18-30(25)34(20-33)32-28(23(5)6)16-12-17-29(32)24(7)8/h9-18,21-24H,19-20H2,1-8H3. The van der Waals surface area contributed by atoms with Crippen LogP contribution in [-0.4, -0.2) is 6.67 Å². The maximum absolute atomic E-state index is 2.63. The summed E-state index contributed by atoms with van der Waals surface area (Å²) in [6.45, 7) is 20.4. The van der Waals surface area contributed by atoms with Crippen molar-refractivity contribution in [1.82, 2.24) is 0 Å². The van der Waals surface area contributed by atoms with Gasteiger partial charge in [0.1, 0.15) is 0 Å². The fraction of sp³-hybridized carbons (Fsp3) is 0.438. The molecule has 0 unspecified atom stereocenters. The monoisotopic (exact) mass is 454 g/mol. The molecule has 180 valence electrons. The Morgan fingerprint density at radius 1 is 0.529 bits per heavy atom. The fourth-order valence-electron chi connectivity index (χ4n) is 5.45. The van der Waals surface area contributed by atoms with Gasteiger partial charge in [-0.25, -0.2) is 0 Å². The summed E-state index contributed by atoms with van der Waals surface area (Å²) in [6, 6.07) is 22.8. The van der Waals surface area contributed by atoms with Gasteiger partial charge in [-0.3, -0.25) is 0 Å². The molecule has 0 aliphatic carbocycles. The van der Waals surface area contributed by atoms with Gasteiger partial charge >= 0.3 is 0 Å². The second kappa shape index (κ2) is 9.86. The van der Waals surface area contributed by atoms with Crippen molar-refractivity contribution in [3.05, 3.63) is 88.5 Å². The van der Waals surface area contributed by atoms with E-state index >= 15 is 0 Å². The molecule has 34 heavy (non-hydrogen) atoms. The molecule has 0 radical (unpaired) electrons. The van der Waals surface area contributed by atoms with Crippen LogP contribution in [0.25, 0.3) is 0 Å². The van der Waals surface area contributed by atoms with E-state index in [0.29, 0.717) is 23.7 Å². The lowest BCUT2D eigenvalue weighted by molar-refractivity contribution is 0.713. The summed E-state index contributed by atoms with van der Waals surface area (Å²) in [5.41, 5.74) is 11.3. The molecule has 1 aliphatic rings. The minimum Gasteiger partial charge on any atom is -0.349 e. The van der Waals surface area contributed by atoms with Crippen LogP contribution in [0.5, 0.6) is 0 Å². The number of nitrogens with zero attached hydrogens (tertiary/aromatic N) is 2. The zero-order chi connectivity index (χ0) is 24.6. The van der Waals surface area contributed by atoms with E-state index in [-0.39, 0.29) is 0 Å². The first-order valence-electron chi connectivity index (χ1n) is 13.1. The highest BCUT2D eigenvalue weighted by Crippen LogP contribution is 2.45. The summed E-state index contributed by atoms with van der Waals surface area (Å²) in [5, 5.41) is 0. The highest BCUT2D eigenvalue weighted by atomic mass is 15.3. The lowest BCUT2D eigenvalue weighted by Gasteiger charge is -2.43. The van der Waals surface area contributed by atoms with Crippen LogP contribution in [-0.2, 0) is 6.54 Å². The fourth-order valence-corrected chi connectivity index (χ4v) is 5.45. The smallest absolute Gasteiger partial charge is 0.0955 e. The summed E-state index contributed by atoms with van der Waals surface area (Å²) in [6.07, 6.45) is 0. The molecule has 3 aromatic rings. The summed E-state index contributed by atoms with van der Waals surface area (Å²) in [5.74, 6) is 1.89. The third-order valence-corrected chi connectivity index (χ3v) is 7.23. The second-order valence-electron chi connectivity index (χ2n) is 11.1. The Labute approximate surface area is 207 Å². The molecule has 4 rings (SSSR count). The van der Waals surface area contributed by atoms with E-state index in [1.165, 1.54) is 44.9 Å². The Morgan fingerprint density at radius 2 is 0.971 bits per heavy atom. The lowest BCUT2D eigenvalue weighted by atomic mass is 9.90. The first-order chi connectivity index (χ1) is 16.2. The molecule has 1 aliphatic heterocycles. The maximum Gasteiger partial charge on any atom is 0.0955 e. The number of fused-ring (bicyclic) bond motifs is 1. The molecule has 0 amide bonds. The van der Waals surface area contributed by atoms with Gasteiger partial charge in [0.25, 0.3) is 0 Å². The van der Waals surface area contributed by atoms with E-state index in [0.717, 1.165) is 13.2 Å². The van der Waals surface area contributed by atoms with Gasteiger partial charge in [0.15, 0.2) is 0 Å². The van der Waals surface area contributed by atoms with E-state index in [1.807, 2.05) is 0 Å². The minimum absolute atomic E-state index is 0.463. The highest BCUT2D eigenvalue weighted by molar-refractivity contribution is 5.77. The van der Waals surface area contributed by atoms with Gasteiger partial charge in [0.05, 0.1) is 6.67 Å². The number of benzene rings is 3. The molecular formula is C32H42N2. The first-order valence-corrected chi connectivity index (χ1v) is 13.1. The van der Waals surface area contributed by atoms with Crippen LogP contribution in [0, 0.1) is 0 Å². The topological polar surface area (TPSA) is 6.48 Å². The highest BCUT2D eigenvalue weighted by Gasteiger charge is 2.30. The van der Waals surface area contributed by atoms with Gasteiger partial charge < -0.3 is 9.80 Å². The van der Waals surface area contributed by atoms with E-state index in [4.69, 9.17) is 0 Å². The number of hydrogen-bond donors (Lipinski definition) is 0. The van der Waals surface area contributed by atoms with Gasteiger partial charge in [-0.1, -0.05) is 110 Å². The van der Waals surface area contributed by atoms with Crippen molar-refractivity contribution in [2.24, 2.45) is 0 Å². The number of anilines is 3. The molecule has 0 saturated heterocycles. The second-order valence-corrected chi connectivity index (χ2v) is 11.1. The molecule has 0 atom stereocenters. The van der Waals surface area contributed by atoms with E-state index in [9.17, 15) is 0 Å². The molecule has 3 aromatic carbocycles. The van der Waals surface area contributed by atoms with Crippen LogP contribution in [0.2, 0.25) is 0 Å². The molecule has 0 bridgehead atoms. The van der Waals surface area contributed by atoms with Crippen LogP contribution in [0.3, 0.4) is 0 Å². The van der Waals surface area contributed by atoms with Crippen LogP contribution < -0.4 is 9.80 Å². The predicted octanol–water partition coefficient (Wildman–Crippen LogP) is 9.30. The molecule has 0 aromatic heterocycles. The largest absolute Gasteiger partial charge is 0.349 e. The Hall–Kier alpha value is -2.74. The molecule has 0 spiro atoms. The molecule has 2 heteroatoms. The van der Waals surface area contributed by atoms with Crippen LogP contribution in [0.15, 0.2) is 60.7 Å². The Morgan fingerprint density at radius 3 is 1.44 bits per heavy atom. The maximum atomic E-state index is 2.63. The van der Waals surface area contributed by atoms with E-state index < -0.39 is 0 Å². The third-order valence-electron chi connectivity index (χ3n) is 7.23. The average molecular weight is 455 g/mol. The van der Waals surface area contributed by atoms with Gasteiger partial charge in [-0.05, 0) is 57.6 Å². The van der Waals surface area contributed by atoms with E-state index in [2.05, 4.69) is 126 Å². The Kier molecular flexibility index (Phi) is 7.07. The summed E-state index contributed by atoms with van der Waals surface area (Å²) >= 11 is 0.